The van der Waals surface area contributed by atoms with Crippen molar-refractivity contribution in [2.24, 2.45) is 5.92 Å². The Morgan fingerprint density at radius 2 is 1.91 bits per heavy atom. The van der Waals surface area contributed by atoms with Crippen LogP contribution in [0, 0.1) is 5.92 Å². The maximum Gasteiger partial charge on any atom is 0.227 e. The van der Waals surface area contributed by atoms with Crippen molar-refractivity contribution in [3.05, 3.63) is 18.3 Å². The zero-order valence-corrected chi connectivity index (χ0v) is 12.9. The summed E-state index contributed by atoms with van der Waals surface area (Å²) >= 11 is 0. The Bertz CT molecular complexity index is 546. The van der Waals surface area contributed by atoms with Crippen LogP contribution in [0.15, 0.2) is 18.3 Å². The second-order valence-corrected chi connectivity index (χ2v) is 6.02. The summed E-state index contributed by atoms with van der Waals surface area (Å²) in [6.45, 7) is 4.66. The third-order valence-electron chi connectivity index (χ3n) is 4.54. The zero-order valence-electron chi connectivity index (χ0n) is 12.9. The third-order valence-corrected chi connectivity index (χ3v) is 4.54. The molecule has 2 fully saturated rings. The van der Waals surface area contributed by atoms with Crippen molar-refractivity contribution >= 4 is 23.3 Å². The third kappa shape index (κ3) is 3.21. The highest BCUT2D eigenvalue weighted by molar-refractivity contribution is 5.92. The first-order valence-corrected chi connectivity index (χ1v) is 7.91. The molecule has 6 heteroatoms. The van der Waals surface area contributed by atoms with E-state index in [4.69, 9.17) is 0 Å². The molecule has 0 unspecified atom stereocenters. The number of nitrogens with one attached hydrogen (secondary N) is 1. The smallest absolute Gasteiger partial charge is 0.227 e. The maximum atomic E-state index is 11.9. The van der Waals surface area contributed by atoms with E-state index < -0.39 is 0 Å². The van der Waals surface area contributed by atoms with E-state index >= 15 is 0 Å². The summed E-state index contributed by atoms with van der Waals surface area (Å²) in [5, 5.41) is 2.92. The van der Waals surface area contributed by atoms with Crippen LogP contribution >= 0.6 is 0 Å². The fraction of sp³-hybridized carbons (Fsp3) is 0.562. The molecule has 0 atom stereocenters. The van der Waals surface area contributed by atoms with Crippen molar-refractivity contribution in [3.63, 3.8) is 0 Å². The Morgan fingerprint density at radius 1 is 1.18 bits per heavy atom. The second kappa shape index (κ2) is 6.34. The number of nitrogens with zero attached hydrogens (tertiary/aromatic N) is 3. The van der Waals surface area contributed by atoms with Gasteiger partial charge in [-0.2, -0.15) is 0 Å². The van der Waals surface area contributed by atoms with E-state index in [-0.39, 0.29) is 17.7 Å². The van der Waals surface area contributed by atoms with Crippen molar-refractivity contribution in [1.82, 2.24) is 9.88 Å². The molecule has 3 rings (SSSR count). The first-order chi connectivity index (χ1) is 10.6. The Balaban J connectivity index is 1.55. The molecule has 0 radical (unpaired) electrons. The van der Waals surface area contributed by atoms with Crippen molar-refractivity contribution in [2.75, 3.05) is 36.4 Å². The second-order valence-electron chi connectivity index (χ2n) is 6.02. The average molecular weight is 302 g/mol. The summed E-state index contributed by atoms with van der Waals surface area (Å²) < 4.78 is 0. The van der Waals surface area contributed by atoms with E-state index in [0.717, 1.165) is 56.9 Å². The van der Waals surface area contributed by atoms with Gasteiger partial charge in [-0.25, -0.2) is 4.98 Å². The highest BCUT2D eigenvalue weighted by Crippen LogP contribution is 2.27. The molecule has 1 aromatic heterocycles. The highest BCUT2D eigenvalue weighted by Gasteiger charge is 2.25. The Kier molecular flexibility index (Phi) is 4.27. The topological polar surface area (TPSA) is 65.5 Å². The van der Waals surface area contributed by atoms with Crippen LogP contribution in [0.25, 0.3) is 0 Å². The highest BCUT2D eigenvalue weighted by atomic mass is 16.2. The van der Waals surface area contributed by atoms with Crippen LogP contribution < -0.4 is 10.2 Å². The number of amides is 2. The number of aromatic nitrogens is 1. The summed E-state index contributed by atoms with van der Waals surface area (Å²) in [5.74, 6) is 1.31. The normalized spacial score (nSPS) is 18.8. The SMILES string of the molecule is CC(=O)N1CCN(c2ccc(NC(=O)C3CCC3)cn2)CC1. The van der Waals surface area contributed by atoms with Crippen LogP contribution in [-0.4, -0.2) is 47.9 Å². The summed E-state index contributed by atoms with van der Waals surface area (Å²) in [6.07, 6.45) is 4.86. The van der Waals surface area contributed by atoms with Crippen LogP contribution in [0.2, 0.25) is 0 Å². The van der Waals surface area contributed by atoms with E-state index in [0.29, 0.717) is 0 Å². The molecular weight excluding hydrogens is 280 g/mol. The van der Waals surface area contributed by atoms with Crippen LogP contribution in [0.1, 0.15) is 26.2 Å². The Labute approximate surface area is 130 Å². The Morgan fingerprint density at radius 3 is 2.41 bits per heavy atom. The minimum atomic E-state index is 0.107. The fourth-order valence-corrected chi connectivity index (χ4v) is 2.81. The quantitative estimate of drug-likeness (QED) is 0.918. The maximum absolute atomic E-state index is 11.9. The lowest BCUT2D eigenvalue weighted by Gasteiger charge is -2.34. The number of pyridine rings is 1. The number of hydrogen-bond donors (Lipinski definition) is 1. The lowest BCUT2D eigenvalue weighted by molar-refractivity contribution is -0.129. The van der Waals surface area contributed by atoms with Gasteiger partial charge in [0.1, 0.15) is 5.82 Å². The monoisotopic (exact) mass is 302 g/mol. The lowest BCUT2D eigenvalue weighted by Crippen LogP contribution is -2.48. The number of hydrogen-bond acceptors (Lipinski definition) is 4. The molecule has 22 heavy (non-hydrogen) atoms. The van der Waals surface area contributed by atoms with Gasteiger partial charge in [-0.1, -0.05) is 6.42 Å². The van der Waals surface area contributed by atoms with Gasteiger partial charge in [-0.05, 0) is 25.0 Å². The van der Waals surface area contributed by atoms with E-state index in [1.165, 1.54) is 0 Å². The molecule has 2 aliphatic rings. The van der Waals surface area contributed by atoms with E-state index in [2.05, 4.69) is 15.2 Å². The first-order valence-electron chi connectivity index (χ1n) is 7.91. The number of anilines is 2. The molecule has 6 nitrogen and oxygen atoms in total. The van der Waals surface area contributed by atoms with Gasteiger partial charge in [-0.3, -0.25) is 9.59 Å². The van der Waals surface area contributed by atoms with Gasteiger partial charge in [0.2, 0.25) is 11.8 Å². The predicted molar refractivity (Wildman–Crippen MR) is 84.7 cm³/mol. The molecule has 2 amide bonds. The largest absolute Gasteiger partial charge is 0.353 e. The molecule has 0 spiro atoms. The standard InChI is InChI=1S/C16H22N4O2/c1-12(21)19-7-9-20(10-8-19)15-6-5-14(11-17-15)18-16(22)13-3-2-4-13/h5-6,11,13H,2-4,7-10H2,1H3,(H,18,22). The van der Waals surface area contributed by atoms with Gasteiger partial charge < -0.3 is 15.1 Å². The number of carbonyl (C=O) groups excluding carboxylic acids is 2. The predicted octanol–water partition coefficient (Wildman–Crippen LogP) is 1.49. The number of carbonyl (C=O) groups is 2. The van der Waals surface area contributed by atoms with Gasteiger partial charge in [0, 0.05) is 39.0 Å². The van der Waals surface area contributed by atoms with Crippen molar-refractivity contribution in [2.45, 2.75) is 26.2 Å². The molecule has 2 heterocycles. The molecule has 1 aliphatic heterocycles. The molecule has 0 aromatic carbocycles. The molecule has 1 saturated heterocycles. The molecule has 1 N–H and O–H groups in total. The number of rotatable bonds is 3. The number of piperazine rings is 1. The molecular formula is C16H22N4O2. The van der Waals surface area contributed by atoms with E-state index in [9.17, 15) is 9.59 Å². The average Bonchev–Trinajstić information content (AvgIpc) is 2.46. The zero-order chi connectivity index (χ0) is 15.5. The molecule has 1 aromatic rings. The minimum absolute atomic E-state index is 0.107. The summed E-state index contributed by atoms with van der Waals surface area (Å²) in [6, 6.07) is 3.83. The molecule has 118 valence electrons. The molecule has 1 aliphatic carbocycles. The van der Waals surface area contributed by atoms with Gasteiger partial charge in [0.05, 0.1) is 11.9 Å². The van der Waals surface area contributed by atoms with E-state index in [1.807, 2.05) is 17.0 Å². The lowest BCUT2D eigenvalue weighted by atomic mass is 9.85. The summed E-state index contributed by atoms with van der Waals surface area (Å²) in [4.78, 5) is 31.7. The van der Waals surface area contributed by atoms with Crippen LogP contribution in [0.4, 0.5) is 11.5 Å². The van der Waals surface area contributed by atoms with E-state index in [1.54, 1.807) is 13.1 Å². The first kappa shape index (κ1) is 14.8. The molecule has 0 bridgehead atoms. The van der Waals surface area contributed by atoms with Gasteiger partial charge in [-0.15, -0.1) is 0 Å². The van der Waals surface area contributed by atoms with Gasteiger partial charge >= 0.3 is 0 Å². The summed E-state index contributed by atoms with van der Waals surface area (Å²) in [5.41, 5.74) is 0.753. The summed E-state index contributed by atoms with van der Waals surface area (Å²) in [7, 11) is 0. The van der Waals surface area contributed by atoms with Gasteiger partial charge in [0.15, 0.2) is 0 Å². The van der Waals surface area contributed by atoms with Crippen LogP contribution in [-0.2, 0) is 9.59 Å². The van der Waals surface area contributed by atoms with Crippen molar-refractivity contribution in [3.8, 4) is 0 Å². The van der Waals surface area contributed by atoms with Crippen LogP contribution in [0.5, 0.6) is 0 Å². The van der Waals surface area contributed by atoms with Crippen molar-refractivity contribution < 1.29 is 9.59 Å². The minimum Gasteiger partial charge on any atom is -0.353 e. The van der Waals surface area contributed by atoms with Crippen LogP contribution in [0.3, 0.4) is 0 Å². The fourth-order valence-electron chi connectivity index (χ4n) is 2.81. The van der Waals surface area contributed by atoms with Gasteiger partial charge in [0.25, 0.3) is 0 Å². The Hall–Kier alpha value is -2.11. The van der Waals surface area contributed by atoms with Crippen molar-refractivity contribution in [1.29, 1.82) is 0 Å². The molecule has 1 saturated carbocycles.